The van der Waals surface area contributed by atoms with E-state index in [9.17, 15) is 14.4 Å². The van der Waals surface area contributed by atoms with E-state index in [-0.39, 0.29) is 48.2 Å². The van der Waals surface area contributed by atoms with Gasteiger partial charge in [-0.15, -0.1) is 0 Å². The third kappa shape index (κ3) is 10.4. The lowest BCUT2D eigenvalue weighted by atomic mass is 9.92. The molecule has 0 saturated carbocycles. The van der Waals surface area contributed by atoms with Crippen LogP contribution in [0.2, 0.25) is 0 Å². The van der Waals surface area contributed by atoms with Gasteiger partial charge in [-0.3, -0.25) is 9.59 Å². The summed E-state index contributed by atoms with van der Waals surface area (Å²) in [5.74, 6) is -0.484. The highest BCUT2D eigenvalue weighted by Gasteiger charge is 2.35. The quantitative estimate of drug-likeness (QED) is 0.200. The number of carbonyl (C=O) groups is 3. The van der Waals surface area contributed by atoms with Crippen molar-refractivity contribution < 1.29 is 37.7 Å². The SMILES string of the molecule is CCCc1cc(-c2cc(C(=O)N(C)C3CCOCC3)ccc2F)c(OCCCOC)cc1C(=O)N(C(C)C)[C@@H]1CCCN(C(=O)OC(C)(C)C)C1. The number of rotatable bonds is 13. The van der Waals surface area contributed by atoms with E-state index in [0.717, 1.165) is 37.7 Å². The van der Waals surface area contributed by atoms with Crippen LogP contribution in [0.5, 0.6) is 5.75 Å². The molecule has 1 atom stereocenters. The number of aryl methyl sites for hydroxylation is 1. The molecule has 2 fully saturated rings. The second kappa shape index (κ2) is 18.2. The summed E-state index contributed by atoms with van der Waals surface area (Å²) in [6.07, 6.45) is 4.53. The molecule has 2 saturated heterocycles. The van der Waals surface area contributed by atoms with Crippen LogP contribution in [-0.2, 0) is 20.6 Å². The van der Waals surface area contributed by atoms with Crippen molar-refractivity contribution in [3.05, 3.63) is 52.8 Å². The topological polar surface area (TPSA) is 97.8 Å². The zero-order chi connectivity index (χ0) is 37.3. The summed E-state index contributed by atoms with van der Waals surface area (Å²) in [6, 6.07) is 7.70. The van der Waals surface area contributed by atoms with Gasteiger partial charge in [-0.1, -0.05) is 13.3 Å². The van der Waals surface area contributed by atoms with Crippen LogP contribution in [0.15, 0.2) is 30.3 Å². The maximum Gasteiger partial charge on any atom is 0.410 e. The van der Waals surface area contributed by atoms with Gasteiger partial charge in [-0.05, 0) is 103 Å². The van der Waals surface area contributed by atoms with Crippen molar-refractivity contribution in [3.8, 4) is 16.9 Å². The smallest absolute Gasteiger partial charge is 0.410 e. The summed E-state index contributed by atoms with van der Waals surface area (Å²) >= 11 is 0. The van der Waals surface area contributed by atoms with Gasteiger partial charge in [0.15, 0.2) is 0 Å². The van der Waals surface area contributed by atoms with Gasteiger partial charge >= 0.3 is 6.09 Å². The minimum absolute atomic E-state index is 0.0465. The number of benzene rings is 2. The number of halogens is 1. The highest BCUT2D eigenvalue weighted by atomic mass is 19.1. The predicted octanol–water partition coefficient (Wildman–Crippen LogP) is 7.36. The number of carbonyl (C=O) groups excluding carboxylic acids is 3. The fourth-order valence-electron chi connectivity index (χ4n) is 6.96. The number of hydrogen-bond donors (Lipinski definition) is 0. The Hall–Kier alpha value is -3.70. The molecule has 11 heteroatoms. The van der Waals surface area contributed by atoms with Crippen LogP contribution in [0.1, 0.15) is 106 Å². The van der Waals surface area contributed by atoms with E-state index < -0.39 is 11.4 Å². The van der Waals surface area contributed by atoms with Gasteiger partial charge in [-0.25, -0.2) is 9.18 Å². The molecule has 2 aliphatic rings. The van der Waals surface area contributed by atoms with Crippen molar-refractivity contribution >= 4 is 17.9 Å². The Kier molecular flexibility index (Phi) is 14.3. The van der Waals surface area contributed by atoms with Crippen LogP contribution in [0.25, 0.3) is 11.1 Å². The molecule has 2 heterocycles. The first-order valence-electron chi connectivity index (χ1n) is 18.5. The third-order valence-corrected chi connectivity index (χ3v) is 9.50. The summed E-state index contributed by atoms with van der Waals surface area (Å²) in [7, 11) is 3.40. The first-order chi connectivity index (χ1) is 24.2. The van der Waals surface area contributed by atoms with Crippen molar-refractivity contribution in [2.24, 2.45) is 0 Å². The molecule has 0 spiro atoms. The molecule has 0 bridgehead atoms. The molecule has 282 valence electrons. The lowest BCUT2D eigenvalue weighted by molar-refractivity contribution is 0.00749. The van der Waals surface area contributed by atoms with E-state index in [2.05, 4.69) is 0 Å². The van der Waals surface area contributed by atoms with E-state index in [1.165, 1.54) is 12.1 Å². The Morgan fingerprint density at radius 2 is 1.73 bits per heavy atom. The minimum Gasteiger partial charge on any atom is -0.493 e. The van der Waals surface area contributed by atoms with Gasteiger partial charge in [0.25, 0.3) is 11.8 Å². The molecule has 51 heavy (non-hydrogen) atoms. The molecular weight excluding hydrogens is 653 g/mol. The van der Waals surface area contributed by atoms with Gasteiger partial charge in [0, 0.05) is 87.8 Å². The first kappa shape index (κ1) is 40.1. The van der Waals surface area contributed by atoms with Crippen molar-refractivity contribution in [1.29, 1.82) is 0 Å². The molecule has 0 unspecified atom stereocenters. The number of piperidine rings is 1. The average Bonchev–Trinajstić information content (AvgIpc) is 3.10. The standard InChI is InChI=1S/C40H58FN3O7/c1-9-12-28-23-34(33-24-29(14-15-35(33)41)37(45)42(7)30-16-21-49-22-17-30)36(50-20-11-19-48-8)25-32(28)38(46)44(27(2)3)31-13-10-18-43(26-31)39(47)51-40(4,5)6/h14-15,23-25,27,30-31H,9-13,16-22,26H2,1-8H3/t31-/m1/s1. The van der Waals surface area contributed by atoms with Crippen molar-refractivity contribution in [3.63, 3.8) is 0 Å². The fraction of sp³-hybridized carbons (Fsp3) is 0.625. The summed E-state index contributed by atoms with van der Waals surface area (Å²) in [4.78, 5) is 46.6. The number of amides is 3. The van der Waals surface area contributed by atoms with Crippen LogP contribution in [0.4, 0.5) is 9.18 Å². The van der Waals surface area contributed by atoms with Gasteiger partial charge in [0.05, 0.1) is 12.6 Å². The highest BCUT2D eigenvalue weighted by Crippen LogP contribution is 2.37. The molecule has 2 aliphatic heterocycles. The minimum atomic E-state index is -0.624. The summed E-state index contributed by atoms with van der Waals surface area (Å²) in [5, 5.41) is 0. The zero-order valence-electron chi connectivity index (χ0n) is 31.9. The number of methoxy groups -OCH3 is 1. The van der Waals surface area contributed by atoms with Gasteiger partial charge < -0.3 is 33.6 Å². The largest absolute Gasteiger partial charge is 0.493 e. The fourth-order valence-corrected chi connectivity index (χ4v) is 6.96. The first-order valence-corrected chi connectivity index (χ1v) is 18.5. The van der Waals surface area contributed by atoms with Crippen LogP contribution < -0.4 is 4.74 Å². The Morgan fingerprint density at radius 3 is 2.37 bits per heavy atom. The molecule has 2 aromatic rings. The molecule has 4 rings (SSSR count). The van der Waals surface area contributed by atoms with Crippen LogP contribution >= 0.6 is 0 Å². The molecule has 0 N–H and O–H groups in total. The molecule has 3 amide bonds. The van der Waals surface area contributed by atoms with E-state index in [0.29, 0.717) is 68.2 Å². The Balaban J connectivity index is 1.74. The van der Waals surface area contributed by atoms with Crippen LogP contribution in [-0.4, -0.2) is 110 Å². The normalized spacial score (nSPS) is 17.0. The zero-order valence-corrected chi connectivity index (χ0v) is 31.9. The van der Waals surface area contributed by atoms with Crippen molar-refractivity contribution in [2.75, 3.05) is 53.7 Å². The third-order valence-electron chi connectivity index (χ3n) is 9.50. The molecular formula is C40H58FN3O7. The average molecular weight is 712 g/mol. The Bertz CT molecular complexity index is 1500. The van der Waals surface area contributed by atoms with Gasteiger partial charge in [-0.2, -0.15) is 0 Å². The van der Waals surface area contributed by atoms with Crippen molar-refractivity contribution in [2.45, 2.75) is 110 Å². The molecule has 0 aromatic heterocycles. The maximum absolute atomic E-state index is 15.8. The number of ether oxygens (including phenoxy) is 4. The van der Waals surface area contributed by atoms with E-state index >= 15 is 4.39 Å². The second-order valence-corrected chi connectivity index (χ2v) is 14.9. The second-order valence-electron chi connectivity index (χ2n) is 14.9. The molecule has 0 radical (unpaired) electrons. The Labute approximate surface area is 303 Å². The van der Waals surface area contributed by atoms with Crippen LogP contribution in [0, 0.1) is 5.82 Å². The Morgan fingerprint density at radius 1 is 1.00 bits per heavy atom. The van der Waals surface area contributed by atoms with Gasteiger partial charge in [0.2, 0.25) is 0 Å². The van der Waals surface area contributed by atoms with Crippen LogP contribution in [0.3, 0.4) is 0 Å². The number of nitrogens with zero attached hydrogens (tertiary/aromatic N) is 3. The van der Waals surface area contributed by atoms with E-state index in [1.807, 2.05) is 52.5 Å². The monoisotopic (exact) mass is 711 g/mol. The summed E-state index contributed by atoms with van der Waals surface area (Å²) in [6.45, 7) is 14.4. The summed E-state index contributed by atoms with van der Waals surface area (Å²) < 4.78 is 38.5. The molecule has 10 nitrogen and oxygen atoms in total. The predicted molar refractivity (Wildman–Crippen MR) is 196 cm³/mol. The van der Waals surface area contributed by atoms with E-state index in [1.54, 1.807) is 36.1 Å². The molecule has 2 aromatic carbocycles. The van der Waals surface area contributed by atoms with Crippen molar-refractivity contribution in [1.82, 2.24) is 14.7 Å². The lowest BCUT2D eigenvalue weighted by Crippen LogP contribution is -2.54. The molecule has 0 aliphatic carbocycles. The lowest BCUT2D eigenvalue weighted by Gasteiger charge is -2.42. The van der Waals surface area contributed by atoms with E-state index in [4.69, 9.17) is 18.9 Å². The number of likely N-dealkylation sites (tertiary alicyclic amines) is 1. The number of hydrogen-bond acceptors (Lipinski definition) is 7. The summed E-state index contributed by atoms with van der Waals surface area (Å²) in [5.41, 5.74) is 1.72. The van der Waals surface area contributed by atoms with Gasteiger partial charge in [0.1, 0.15) is 17.2 Å². The maximum atomic E-state index is 15.8. The highest BCUT2D eigenvalue weighted by molar-refractivity contribution is 5.99.